The highest BCUT2D eigenvalue weighted by Gasteiger charge is 2.23. The predicted octanol–water partition coefficient (Wildman–Crippen LogP) is 1.14. The van der Waals surface area contributed by atoms with Gasteiger partial charge in [-0.3, -0.25) is 15.0 Å². The highest BCUT2D eigenvalue weighted by atomic mass is 16.4. The number of nitrogens with one attached hydrogen (secondary N) is 2. The number of imide groups is 1. The number of carbonyl (C=O) groups is 3. The molecule has 0 saturated carbocycles. The van der Waals surface area contributed by atoms with Gasteiger partial charge in [-0.1, -0.05) is 11.8 Å². The summed E-state index contributed by atoms with van der Waals surface area (Å²) in [5.74, 6) is 5.50. The zero-order valence-electron chi connectivity index (χ0n) is 11.8. The van der Waals surface area contributed by atoms with Gasteiger partial charge in [0.05, 0.1) is 0 Å². The van der Waals surface area contributed by atoms with E-state index in [1.54, 1.807) is 24.3 Å². The predicted molar refractivity (Wildman–Crippen MR) is 79.5 cm³/mol. The van der Waals surface area contributed by atoms with Crippen LogP contribution in [0.3, 0.4) is 0 Å². The highest BCUT2D eigenvalue weighted by molar-refractivity contribution is 6.05. The summed E-state index contributed by atoms with van der Waals surface area (Å²) < 4.78 is 0. The first kappa shape index (κ1) is 15.4. The van der Waals surface area contributed by atoms with Gasteiger partial charge in [0.25, 0.3) is 0 Å². The van der Waals surface area contributed by atoms with Crippen LogP contribution < -0.4 is 15.5 Å². The van der Waals surface area contributed by atoms with Crippen molar-refractivity contribution in [2.45, 2.75) is 12.8 Å². The van der Waals surface area contributed by atoms with Gasteiger partial charge >= 0.3 is 12.1 Å². The minimum Gasteiger partial charge on any atom is -0.465 e. The Hall–Kier alpha value is -3.01. The molecule has 114 valence electrons. The molecule has 0 bridgehead atoms. The molecule has 1 aliphatic heterocycles. The average Bonchev–Trinajstić information content (AvgIpc) is 2.47. The van der Waals surface area contributed by atoms with Crippen molar-refractivity contribution in [3.63, 3.8) is 0 Å². The van der Waals surface area contributed by atoms with Gasteiger partial charge in [-0.25, -0.2) is 9.59 Å². The summed E-state index contributed by atoms with van der Waals surface area (Å²) in [6, 6.07) is 6.65. The van der Waals surface area contributed by atoms with Crippen LogP contribution in [-0.4, -0.2) is 36.2 Å². The van der Waals surface area contributed by atoms with Crippen LogP contribution in [0, 0.1) is 11.8 Å². The zero-order chi connectivity index (χ0) is 15.9. The molecule has 1 aliphatic rings. The molecule has 3 N–H and O–H groups in total. The number of carboxylic acid groups (broad SMARTS) is 1. The van der Waals surface area contributed by atoms with Crippen molar-refractivity contribution < 1.29 is 19.5 Å². The van der Waals surface area contributed by atoms with Gasteiger partial charge in [-0.05, 0) is 24.3 Å². The Morgan fingerprint density at radius 1 is 1.32 bits per heavy atom. The molecular formula is C15H15N3O4. The number of benzene rings is 1. The largest absolute Gasteiger partial charge is 0.465 e. The number of hydrogen-bond donors (Lipinski definition) is 3. The minimum atomic E-state index is -1.07. The lowest BCUT2D eigenvalue weighted by molar-refractivity contribution is -0.120. The van der Waals surface area contributed by atoms with Crippen LogP contribution in [0.15, 0.2) is 24.3 Å². The third-order valence-electron chi connectivity index (χ3n) is 2.99. The van der Waals surface area contributed by atoms with E-state index in [-0.39, 0.29) is 18.9 Å². The normalized spacial score (nSPS) is 13.9. The van der Waals surface area contributed by atoms with Crippen molar-refractivity contribution >= 4 is 23.7 Å². The van der Waals surface area contributed by atoms with Crippen molar-refractivity contribution in [2.24, 2.45) is 0 Å². The second-order valence-corrected chi connectivity index (χ2v) is 4.59. The Balaban J connectivity index is 1.93. The van der Waals surface area contributed by atoms with Gasteiger partial charge in [-0.2, -0.15) is 0 Å². The van der Waals surface area contributed by atoms with Crippen molar-refractivity contribution in [1.82, 2.24) is 10.6 Å². The number of anilines is 1. The second-order valence-electron chi connectivity index (χ2n) is 4.59. The summed E-state index contributed by atoms with van der Waals surface area (Å²) in [5, 5.41) is 12.9. The molecule has 1 fully saturated rings. The first-order chi connectivity index (χ1) is 10.6. The van der Waals surface area contributed by atoms with Crippen molar-refractivity contribution in [2.75, 3.05) is 18.0 Å². The van der Waals surface area contributed by atoms with E-state index in [2.05, 4.69) is 22.5 Å². The Labute approximate surface area is 127 Å². The molecule has 2 rings (SSSR count). The minimum absolute atomic E-state index is 0.265. The lowest BCUT2D eigenvalue weighted by Gasteiger charge is -2.26. The van der Waals surface area contributed by atoms with E-state index in [0.717, 1.165) is 5.56 Å². The van der Waals surface area contributed by atoms with Crippen LogP contribution in [0.4, 0.5) is 15.3 Å². The Morgan fingerprint density at radius 3 is 2.68 bits per heavy atom. The number of urea groups is 1. The topological polar surface area (TPSA) is 98.7 Å². The fraction of sp³-hybridized carbons (Fsp3) is 0.267. The van der Waals surface area contributed by atoms with Crippen molar-refractivity contribution in [3.05, 3.63) is 29.8 Å². The fourth-order valence-corrected chi connectivity index (χ4v) is 1.93. The first-order valence-electron chi connectivity index (χ1n) is 6.73. The molecule has 0 atom stereocenters. The smallest absolute Gasteiger partial charge is 0.404 e. The molecule has 4 amide bonds. The van der Waals surface area contributed by atoms with Crippen LogP contribution >= 0.6 is 0 Å². The van der Waals surface area contributed by atoms with Crippen LogP contribution in [0.1, 0.15) is 18.4 Å². The van der Waals surface area contributed by atoms with Gasteiger partial charge in [0.1, 0.15) is 0 Å². The third kappa shape index (κ3) is 4.24. The van der Waals surface area contributed by atoms with E-state index in [1.807, 2.05) is 0 Å². The lowest BCUT2D eigenvalue weighted by Crippen LogP contribution is -2.49. The zero-order valence-corrected chi connectivity index (χ0v) is 11.8. The molecule has 0 spiro atoms. The molecule has 1 heterocycles. The summed E-state index contributed by atoms with van der Waals surface area (Å²) in [6.45, 7) is 0.638. The summed E-state index contributed by atoms with van der Waals surface area (Å²) >= 11 is 0. The van der Waals surface area contributed by atoms with Gasteiger partial charge < -0.3 is 10.4 Å². The third-order valence-corrected chi connectivity index (χ3v) is 2.99. The maximum absolute atomic E-state index is 11.7. The SMILES string of the molecule is O=C(O)NCCC#Cc1ccc(N2CCC(=O)NC2=O)cc1. The molecule has 7 heteroatoms. The molecule has 1 aromatic carbocycles. The van der Waals surface area contributed by atoms with E-state index in [1.165, 1.54) is 4.90 Å². The summed E-state index contributed by atoms with van der Waals surface area (Å²) in [6.07, 6.45) is -0.362. The number of rotatable bonds is 3. The van der Waals surface area contributed by atoms with E-state index in [0.29, 0.717) is 18.7 Å². The highest BCUT2D eigenvalue weighted by Crippen LogP contribution is 2.17. The number of nitrogens with zero attached hydrogens (tertiary/aromatic N) is 1. The van der Waals surface area contributed by atoms with Gasteiger partial charge in [0, 0.05) is 37.2 Å². The fourth-order valence-electron chi connectivity index (χ4n) is 1.93. The molecule has 7 nitrogen and oxygen atoms in total. The standard InChI is InChI=1S/C15H15N3O4/c19-13-8-10-18(14(20)17-13)12-6-4-11(5-7-12)3-1-2-9-16-15(21)22/h4-7,16H,2,8-10H2,(H,21,22)(H,17,19,20). The molecule has 1 saturated heterocycles. The monoisotopic (exact) mass is 301 g/mol. The Kier molecular flexibility index (Phi) is 4.98. The summed E-state index contributed by atoms with van der Waals surface area (Å²) in [5.41, 5.74) is 1.47. The molecule has 1 aromatic rings. The molecule has 22 heavy (non-hydrogen) atoms. The summed E-state index contributed by atoms with van der Waals surface area (Å²) in [4.78, 5) is 34.5. The maximum atomic E-state index is 11.7. The van der Waals surface area contributed by atoms with Gasteiger partial charge in [0.15, 0.2) is 0 Å². The lowest BCUT2D eigenvalue weighted by atomic mass is 10.2. The summed E-state index contributed by atoms with van der Waals surface area (Å²) in [7, 11) is 0. The van der Waals surface area contributed by atoms with Crippen LogP contribution in [-0.2, 0) is 4.79 Å². The molecule has 0 aliphatic carbocycles. The number of amides is 4. The van der Waals surface area contributed by atoms with Crippen LogP contribution in [0.5, 0.6) is 0 Å². The first-order valence-corrected chi connectivity index (χ1v) is 6.73. The van der Waals surface area contributed by atoms with E-state index < -0.39 is 12.1 Å². The van der Waals surface area contributed by atoms with Crippen LogP contribution in [0.2, 0.25) is 0 Å². The van der Waals surface area contributed by atoms with E-state index in [4.69, 9.17) is 5.11 Å². The Bertz CT molecular complexity index is 643. The average molecular weight is 301 g/mol. The Morgan fingerprint density at radius 2 is 2.05 bits per heavy atom. The number of carbonyl (C=O) groups excluding carboxylic acids is 2. The second kappa shape index (κ2) is 7.13. The van der Waals surface area contributed by atoms with Crippen molar-refractivity contribution in [1.29, 1.82) is 0 Å². The van der Waals surface area contributed by atoms with Gasteiger partial charge in [0.2, 0.25) is 5.91 Å². The van der Waals surface area contributed by atoms with Crippen molar-refractivity contribution in [3.8, 4) is 11.8 Å². The van der Waals surface area contributed by atoms with E-state index in [9.17, 15) is 14.4 Å². The molecule has 0 radical (unpaired) electrons. The maximum Gasteiger partial charge on any atom is 0.404 e. The quantitative estimate of drug-likeness (QED) is 0.576. The molecular weight excluding hydrogens is 286 g/mol. The van der Waals surface area contributed by atoms with E-state index >= 15 is 0 Å². The molecule has 0 aromatic heterocycles. The van der Waals surface area contributed by atoms with Crippen LogP contribution in [0.25, 0.3) is 0 Å². The number of hydrogen-bond acceptors (Lipinski definition) is 3. The van der Waals surface area contributed by atoms with Gasteiger partial charge in [-0.15, -0.1) is 0 Å². The molecule has 0 unspecified atom stereocenters.